The van der Waals surface area contributed by atoms with E-state index in [1.807, 2.05) is 60.7 Å². The predicted molar refractivity (Wildman–Crippen MR) is 212 cm³/mol. The van der Waals surface area contributed by atoms with Crippen LogP contribution in [0.3, 0.4) is 0 Å². The van der Waals surface area contributed by atoms with Gasteiger partial charge in [0.15, 0.2) is 23.3 Å². The predicted octanol–water partition coefficient (Wildman–Crippen LogP) is 8.49. The van der Waals surface area contributed by atoms with Crippen LogP contribution in [0.1, 0.15) is 62.2 Å². The number of hydrogen-bond acceptors (Lipinski definition) is 9. The summed E-state index contributed by atoms with van der Waals surface area (Å²) in [6, 6.07) is 32.8. The number of fused-ring (bicyclic) bond motifs is 6. The third-order valence-electron chi connectivity index (χ3n) is 9.89. The number of halogens is 6. The summed E-state index contributed by atoms with van der Waals surface area (Å²) in [6.07, 6.45) is -8.96. The zero-order chi connectivity index (χ0) is 42.7. The molecule has 11 nitrogen and oxygen atoms in total. The van der Waals surface area contributed by atoms with E-state index in [-0.39, 0.29) is 32.1 Å². The summed E-state index contributed by atoms with van der Waals surface area (Å²) in [5.41, 5.74) is 3.47. The molecule has 0 bridgehead atoms. The van der Waals surface area contributed by atoms with E-state index in [0.717, 1.165) is 41.1 Å². The van der Waals surface area contributed by atoms with Gasteiger partial charge in [0.2, 0.25) is 0 Å². The number of rotatable bonds is 8. The number of ether oxygens (including phenoxy) is 2. The second-order valence-corrected chi connectivity index (χ2v) is 13.8. The fourth-order valence-corrected chi connectivity index (χ4v) is 7.00. The Morgan fingerprint density at radius 3 is 1.51 bits per heavy atom. The van der Waals surface area contributed by atoms with Crippen molar-refractivity contribution in [1.29, 1.82) is 0 Å². The monoisotopic (exact) mass is 836 g/mol. The Hall–Kier alpha value is -6.98. The Morgan fingerprint density at radius 1 is 0.574 bits per heavy atom. The van der Waals surface area contributed by atoms with E-state index < -0.39 is 23.5 Å². The van der Waals surface area contributed by atoms with Crippen molar-refractivity contribution in [3.63, 3.8) is 0 Å². The Bertz CT molecular complexity index is 2730. The third kappa shape index (κ3) is 8.55. The normalized spacial score (nSPS) is 13.2. The Balaban J connectivity index is 0.000000176. The van der Waals surface area contributed by atoms with Crippen molar-refractivity contribution in [2.45, 2.75) is 45.3 Å². The molecule has 0 unspecified atom stereocenters. The van der Waals surface area contributed by atoms with Gasteiger partial charge >= 0.3 is 12.4 Å². The minimum atomic E-state index is -4.48. The zero-order valence-corrected chi connectivity index (χ0v) is 32.2. The standard InChI is InChI=1S/C26H21F3N4O2.C18H13F3N4O/c1-34-20-10-7-17(8-11-20)15-35-16-24-32-31-23-14-30-25(18-5-3-2-4-6-18)21-13-19(26(27,28)29)9-12-22(21)33(23)24;19-18(20,21)12-6-7-14-13(8-12)17(11-4-2-1-3-5-11)22-9-15-23-24-16(10-26)25(14)15/h2-13H,14-16H2,1H3;1-8,26H,9-10H2. The number of aromatic nitrogens is 6. The van der Waals surface area contributed by atoms with Crippen molar-refractivity contribution >= 4 is 11.4 Å². The fourth-order valence-electron chi connectivity index (χ4n) is 7.00. The molecule has 0 amide bonds. The van der Waals surface area contributed by atoms with Gasteiger partial charge < -0.3 is 14.6 Å². The lowest BCUT2D eigenvalue weighted by atomic mass is 9.98. The molecule has 7 aromatic rings. The molecule has 0 saturated heterocycles. The number of alkyl halides is 6. The van der Waals surface area contributed by atoms with Gasteiger partial charge in [0.05, 0.1) is 47.6 Å². The number of methoxy groups -OCH3 is 1. The first-order chi connectivity index (χ1) is 29.4. The van der Waals surface area contributed by atoms with Gasteiger partial charge in [-0.15, -0.1) is 20.4 Å². The highest BCUT2D eigenvalue weighted by atomic mass is 19.4. The minimum absolute atomic E-state index is 0.125. The Morgan fingerprint density at radius 2 is 1.05 bits per heavy atom. The SMILES string of the molecule is COc1ccc(COCc2nnc3n2-c2ccc(C(F)(F)F)cc2C(c2ccccc2)=NC3)cc1.OCc1nnc2n1-c1ccc(C(F)(F)F)cc1C(c1ccccc1)=NC2. The van der Waals surface area contributed by atoms with Crippen LogP contribution >= 0.6 is 0 Å². The van der Waals surface area contributed by atoms with Gasteiger partial charge in [-0.25, -0.2) is 0 Å². The molecule has 0 aliphatic carbocycles. The summed E-state index contributed by atoms with van der Waals surface area (Å²) >= 11 is 0. The van der Waals surface area contributed by atoms with Gasteiger partial charge in [-0.3, -0.25) is 19.1 Å². The lowest BCUT2D eigenvalue weighted by molar-refractivity contribution is -0.138. The topological polar surface area (TPSA) is 125 Å². The van der Waals surface area contributed by atoms with Crippen LogP contribution in [0.4, 0.5) is 26.3 Å². The highest BCUT2D eigenvalue weighted by molar-refractivity contribution is 6.16. The molecular formula is C44H34F6N8O3. The van der Waals surface area contributed by atoms with E-state index in [4.69, 9.17) is 9.47 Å². The minimum Gasteiger partial charge on any atom is -0.497 e. The summed E-state index contributed by atoms with van der Waals surface area (Å²) in [5, 5.41) is 25.9. The van der Waals surface area contributed by atoms with Crippen LogP contribution in [0.5, 0.6) is 5.75 Å². The van der Waals surface area contributed by atoms with Crippen LogP contribution in [0, 0.1) is 0 Å². The molecular weight excluding hydrogens is 803 g/mol. The molecule has 9 rings (SSSR count). The Kier molecular flexibility index (Phi) is 11.3. The summed E-state index contributed by atoms with van der Waals surface area (Å²) < 4.78 is 94.9. The maximum atomic E-state index is 13.6. The molecule has 1 N–H and O–H groups in total. The molecule has 0 spiro atoms. The van der Waals surface area contributed by atoms with Crippen LogP contribution in [-0.4, -0.2) is 53.2 Å². The third-order valence-corrected chi connectivity index (χ3v) is 9.89. The molecule has 5 aromatic carbocycles. The summed E-state index contributed by atoms with van der Waals surface area (Å²) in [4.78, 5) is 9.12. The van der Waals surface area contributed by atoms with Crippen molar-refractivity contribution in [2.75, 3.05) is 7.11 Å². The van der Waals surface area contributed by atoms with Gasteiger partial charge in [0, 0.05) is 22.3 Å². The molecule has 17 heteroatoms. The lowest BCUT2D eigenvalue weighted by Crippen LogP contribution is -2.13. The van der Waals surface area contributed by atoms with Gasteiger partial charge in [0.25, 0.3) is 0 Å². The molecule has 0 atom stereocenters. The van der Waals surface area contributed by atoms with E-state index in [2.05, 4.69) is 30.4 Å². The van der Waals surface area contributed by atoms with E-state index in [0.29, 0.717) is 63.6 Å². The molecule has 0 radical (unpaired) electrons. The van der Waals surface area contributed by atoms with Crippen LogP contribution in [0.25, 0.3) is 11.4 Å². The molecule has 4 heterocycles. The van der Waals surface area contributed by atoms with Crippen molar-refractivity contribution in [3.05, 3.63) is 184 Å². The van der Waals surface area contributed by atoms with Crippen molar-refractivity contribution in [1.82, 2.24) is 29.5 Å². The number of aliphatic hydroxyl groups is 1. The van der Waals surface area contributed by atoms with E-state index >= 15 is 0 Å². The number of aliphatic hydroxyl groups excluding tert-OH is 1. The second kappa shape index (κ2) is 16.9. The molecule has 310 valence electrons. The zero-order valence-electron chi connectivity index (χ0n) is 32.2. The van der Waals surface area contributed by atoms with Crippen molar-refractivity contribution in [3.8, 4) is 17.1 Å². The number of nitrogens with zero attached hydrogens (tertiary/aromatic N) is 8. The molecule has 61 heavy (non-hydrogen) atoms. The highest BCUT2D eigenvalue weighted by Gasteiger charge is 2.34. The summed E-state index contributed by atoms with van der Waals surface area (Å²) in [5.74, 6) is 2.48. The smallest absolute Gasteiger partial charge is 0.416 e. The van der Waals surface area contributed by atoms with Gasteiger partial charge in [-0.1, -0.05) is 72.8 Å². The molecule has 0 saturated carbocycles. The van der Waals surface area contributed by atoms with E-state index in [1.54, 1.807) is 40.5 Å². The van der Waals surface area contributed by atoms with E-state index in [1.165, 1.54) is 12.1 Å². The van der Waals surface area contributed by atoms with Crippen molar-refractivity contribution in [2.24, 2.45) is 9.98 Å². The maximum absolute atomic E-state index is 13.6. The lowest BCUT2D eigenvalue weighted by Gasteiger charge is -2.16. The molecule has 0 fully saturated rings. The first-order valence-corrected chi connectivity index (χ1v) is 18.7. The van der Waals surface area contributed by atoms with Crippen LogP contribution in [0.15, 0.2) is 131 Å². The van der Waals surface area contributed by atoms with Crippen LogP contribution in [0.2, 0.25) is 0 Å². The van der Waals surface area contributed by atoms with Crippen molar-refractivity contribution < 1.29 is 40.9 Å². The first kappa shape index (κ1) is 40.8. The number of aliphatic imine (C=N–C) groups is 2. The second-order valence-electron chi connectivity index (χ2n) is 13.8. The largest absolute Gasteiger partial charge is 0.497 e. The quantitative estimate of drug-likeness (QED) is 0.152. The number of hydrogen-bond donors (Lipinski definition) is 1. The van der Waals surface area contributed by atoms with Gasteiger partial charge in [0.1, 0.15) is 32.1 Å². The first-order valence-electron chi connectivity index (χ1n) is 18.7. The molecule has 2 aliphatic rings. The molecule has 2 aliphatic heterocycles. The van der Waals surface area contributed by atoms with Gasteiger partial charge in [-0.05, 0) is 54.1 Å². The van der Waals surface area contributed by atoms with Crippen LogP contribution < -0.4 is 4.74 Å². The fraction of sp³-hybridized carbons (Fsp3) is 0.182. The highest BCUT2D eigenvalue weighted by Crippen LogP contribution is 2.36. The van der Waals surface area contributed by atoms with E-state index in [9.17, 15) is 31.4 Å². The molecule has 2 aromatic heterocycles. The summed E-state index contributed by atoms with van der Waals surface area (Å²) in [7, 11) is 1.60. The average Bonchev–Trinajstić information content (AvgIpc) is 3.78. The summed E-state index contributed by atoms with van der Waals surface area (Å²) in [6.45, 7) is 0.394. The Labute approximate surface area is 344 Å². The van der Waals surface area contributed by atoms with Crippen LogP contribution in [-0.2, 0) is 50.0 Å². The number of benzene rings is 5. The van der Waals surface area contributed by atoms with Gasteiger partial charge in [-0.2, -0.15) is 26.3 Å². The maximum Gasteiger partial charge on any atom is 0.416 e. The average molecular weight is 837 g/mol.